The second-order valence-corrected chi connectivity index (χ2v) is 7.60. The summed E-state index contributed by atoms with van der Waals surface area (Å²) in [6, 6.07) is 9.99. The van der Waals surface area contributed by atoms with Crippen LogP contribution in [-0.2, 0) is 0 Å². The van der Waals surface area contributed by atoms with E-state index in [9.17, 15) is 0 Å². The molecule has 0 aliphatic carbocycles. The van der Waals surface area contributed by atoms with E-state index >= 15 is 0 Å². The van der Waals surface area contributed by atoms with E-state index in [1.54, 1.807) is 6.07 Å². The molecule has 0 spiro atoms. The molecule has 0 aliphatic heterocycles. The summed E-state index contributed by atoms with van der Waals surface area (Å²) in [6.07, 6.45) is 1.84. The molecule has 0 unspecified atom stereocenters. The molecule has 0 atom stereocenters. The quantitative estimate of drug-likeness (QED) is 0.632. The van der Waals surface area contributed by atoms with Gasteiger partial charge in [-0.05, 0) is 39.8 Å². The van der Waals surface area contributed by atoms with E-state index in [0.717, 1.165) is 17.1 Å². The zero-order valence-corrected chi connectivity index (χ0v) is 15.1. The van der Waals surface area contributed by atoms with E-state index < -0.39 is 0 Å². The highest BCUT2D eigenvalue weighted by Gasteiger charge is 2.20. The van der Waals surface area contributed by atoms with E-state index in [1.807, 2.05) is 16.7 Å². The van der Waals surface area contributed by atoms with E-state index in [1.165, 1.54) is 5.56 Å². The summed E-state index contributed by atoms with van der Waals surface area (Å²) >= 11 is 12.5. The number of imidazole rings is 1. The van der Waals surface area contributed by atoms with E-state index in [-0.39, 0.29) is 5.54 Å². The highest BCUT2D eigenvalue weighted by Crippen LogP contribution is 2.34. The molecule has 23 heavy (non-hydrogen) atoms. The first-order chi connectivity index (χ1) is 10.7. The van der Waals surface area contributed by atoms with Crippen LogP contribution in [0.25, 0.3) is 16.9 Å². The second-order valence-electron chi connectivity index (χ2n) is 6.75. The van der Waals surface area contributed by atoms with Crippen molar-refractivity contribution in [2.75, 3.05) is 5.32 Å². The van der Waals surface area contributed by atoms with Crippen LogP contribution in [0.5, 0.6) is 0 Å². The number of anilines is 1. The van der Waals surface area contributed by atoms with E-state index in [2.05, 4.69) is 51.2 Å². The highest BCUT2D eigenvalue weighted by atomic mass is 35.5. The number of rotatable bonds is 2. The number of benzene rings is 1. The maximum Gasteiger partial charge on any atom is 0.158 e. The minimum atomic E-state index is -0.122. The van der Waals surface area contributed by atoms with Crippen molar-refractivity contribution < 1.29 is 0 Å². The second kappa shape index (κ2) is 5.73. The number of aromatic nitrogens is 2. The van der Waals surface area contributed by atoms with Crippen molar-refractivity contribution in [2.24, 2.45) is 0 Å². The van der Waals surface area contributed by atoms with Gasteiger partial charge < -0.3 is 5.32 Å². The van der Waals surface area contributed by atoms with Gasteiger partial charge in [-0.15, -0.1) is 0 Å². The summed E-state index contributed by atoms with van der Waals surface area (Å²) in [5.41, 5.74) is 3.67. The Bertz CT molecular complexity index is 876. The summed E-state index contributed by atoms with van der Waals surface area (Å²) in [4.78, 5) is 4.76. The lowest BCUT2D eigenvalue weighted by molar-refractivity contribution is 0.629. The van der Waals surface area contributed by atoms with Crippen LogP contribution < -0.4 is 5.32 Å². The van der Waals surface area contributed by atoms with Gasteiger partial charge in [0.25, 0.3) is 0 Å². The van der Waals surface area contributed by atoms with Crippen LogP contribution in [0.1, 0.15) is 26.3 Å². The molecule has 0 radical (unpaired) electrons. The first kappa shape index (κ1) is 16.2. The molecular formula is C18H19Cl2N3. The number of halogens is 2. The molecular weight excluding hydrogens is 329 g/mol. The van der Waals surface area contributed by atoms with Gasteiger partial charge in [0.05, 0.1) is 10.0 Å². The number of pyridine rings is 1. The van der Waals surface area contributed by atoms with Crippen LogP contribution in [0.3, 0.4) is 0 Å². The van der Waals surface area contributed by atoms with Gasteiger partial charge in [-0.1, -0.05) is 47.0 Å². The molecule has 3 rings (SSSR count). The van der Waals surface area contributed by atoms with Crippen LogP contribution in [0.15, 0.2) is 36.5 Å². The fourth-order valence-electron chi connectivity index (χ4n) is 2.54. The molecule has 2 aromatic heterocycles. The molecule has 0 saturated heterocycles. The zero-order valence-electron chi connectivity index (χ0n) is 13.6. The largest absolute Gasteiger partial charge is 0.365 e. The van der Waals surface area contributed by atoms with E-state index in [0.29, 0.717) is 15.7 Å². The molecule has 0 amide bonds. The van der Waals surface area contributed by atoms with Crippen LogP contribution in [0, 0.1) is 6.92 Å². The Hall–Kier alpha value is -1.71. The average molecular weight is 348 g/mol. The number of hydrogen-bond donors (Lipinski definition) is 1. The Labute approximate surface area is 146 Å². The normalized spacial score (nSPS) is 11.9. The maximum absolute atomic E-state index is 6.34. The van der Waals surface area contributed by atoms with Crippen molar-refractivity contribution in [3.05, 3.63) is 52.1 Å². The minimum Gasteiger partial charge on any atom is -0.365 e. The topological polar surface area (TPSA) is 29.3 Å². The van der Waals surface area contributed by atoms with Crippen molar-refractivity contribution in [1.29, 1.82) is 0 Å². The van der Waals surface area contributed by atoms with Crippen LogP contribution >= 0.6 is 23.2 Å². The minimum absolute atomic E-state index is 0.122. The summed E-state index contributed by atoms with van der Waals surface area (Å²) in [5.74, 6) is 0.891. The highest BCUT2D eigenvalue weighted by molar-refractivity contribution is 6.36. The molecule has 0 aliphatic rings. The predicted molar refractivity (Wildman–Crippen MR) is 98.8 cm³/mol. The third-order valence-corrected chi connectivity index (χ3v) is 3.91. The molecule has 5 heteroatoms. The molecule has 2 heterocycles. The van der Waals surface area contributed by atoms with Crippen molar-refractivity contribution in [1.82, 2.24) is 9.38 Å². The lowest BCUT2D eigenvalue weighted by Crippen LogP contribution is -2.27. The molecule has 1 N–H and O–H groups in total. The Balaban J connectivity index is 2.32. The molecule has 120 valence electrons. The molecule has 0 fully saturated rings. The number of nitrogens with one attached hydrogen (secondary N) is 1. The third-order valence-electron chi connectivity index (χ3n) is 3.43. The zero-order chi connectivity index (χ0) is 16.8. The first-order valence-electron chi connectivity index (χ1n) is 7.47. The Morgan fingerprint density at radius 3 is 2.52 bits per heavy atom. The smallest absolute Gasteiger partial charge is 0.158 e. The van der Waals surface area contributed by atoms with Crippen molar-refractivity contribution in [2.45, 2.75) is 33.2 Å². The number of aryl methyl sites for hydroxylation is 1. The summed E-state index contributed by atoms with van der Waals surface area (Å²) in [5, 5.41) is 4.64. The predicted octanol–water partition coefficient (Wildman–Crippen LogP) is 5.83. The molecule has 3 aromatic rings. The van der Waals surface area contributed by atoms with Gasteiger partial charge in [0, 0.05) is 17.3 Å². The standard InChI is InChI=1S/C18H19Cl2N3/c1-11-6-5-7-12(8-11)15-17(22-18(2,3)4)23-10-13(19)9-14(20)16(23)21-15/h5-10,22H,1-4H3. The van der Waals surface area contributed by atoms with Crippen LogP contribution in [0.4, 0.5) is 5.82 Å². The van der Waals surface area contributed by atoms with Crippen LogP contribution in [-0.4, -0.2) is 14.9 Å². The Kier molecular flexibility index (Phi) is 4.03. The molecule has 0 saturated carbocycles. The molecule has 1 aromatic carbocycles. The summed E-state index contributed by atoms with van der Waals surface area (Å²) in [6.45, 7) is 8.40. The van der Waals surface area contributed by atoms with Crippen LogP contribution in [0.2, 0.25) is 10.0 Å². The van der Waals surface area contributed by atoms with Gasteiger partial charge in [-0.3, -0.25) is 4.40 Å². The van der Waals surface area contributed by atoms with Crippen molar-refractivity contribution in [3.63, 3.8) is 0 Å². The number of fused-ring (bicyclic) bond motifs is 1. The summed E-state index contributed by atoms with van der Waals surface area (Å²) in [7, 11) is 0. The van der Waals surface area contributed by atoms with Gasteiger partial charge in [0.2, 0.25) is 0 Å². The van der Waals surface area contributed by atoms with Gasteiger partial charge >= 0.3 is 0 Å². The number of nitrogens with zero attached hydrogens (tertiary/aromatic N) is 2. The fraction of sp³-hybridized carbons (Fsp3) is 0.278. The SMILES string of the molecule is Cc1cccc(-c2nc3c(Cl)cc(Cl)cn3c2NC(C)(C)C)c1. The first-order valence-corrected chi connectivity index (χ1v) is 8.22. The van der Waals surface area contributed by atoms with Crippen molar-refractivity contribution in [3.8, 4) is 11.3 Å². The van der Waals surface area contributed by atoms with Crippen molar-refractivity contribution >= 4 is 34.7 Å². The van der Waals surface area contributed by atoms with Gasteiger partial charge in [0.1, 0.15) is 11.5 Å². The maximum atomic E-state index is 6.34. The Morgan fingerprint density at radius 2 is 1.87 bits per heavy atom. The lowest BCUT2D eigenvalue weighted by Gasteiger charge is -2.22. The number of hydrogen-bond acceptors (Lipinski definition) is 2. The molecule has 0 bridgehead atoms. The monoisotopic (exact) mass is 347 g/mol. The average Bonchev–Trinajstić information content (AvgIpc) is 2.76. The fourth-order valence-corrected chi connectivity index (χ4v) is 3.05. The van der Waals surface area contributed by atoms with Gasteiger partial charge in [0.15, 0.2) is 5.65 Å². The Morgan fingerprint density at radius 1 is 1.13 bits per heavy atom. The summed E-state index contributed by atoms with van der Waals surface area (Å²) < 4.78 is 1.92. The third kappa shape index (κ3) is 3.31. The van der Waals surface area contributed by atoms with Gasteiger partial charge in [-0.2, -0.15) is 0 Å². The van der Waals surface area contributed by atoms with Gasteiger partial charge in [-0.25, -0.2) is 4.98 Å². The lowest BCUT2D eigenvalue weighted by atomic mass is 10.1. The van der Waals surface area contributed by atoms with E-state index in [4.69, 9.17) is 28.2 Å². The molecule has 3 nitrogen and oxygen atoms in total.